The number of nitrogens with one attached hydrogen (secondary N) is 1. The summed E-state index contributed by atoms with van der Waals surface area (Å²) in [5, 5.41) is 23.3. The lowest BCUT2D eigenvalue weighted by molar-refractivity contribution is -0.308. The topological polar surface area (TPSA) is 76.0 Å². The summed E-state index contributed by atoms with van der Waals surface area (Å²) in [7, 11) is 0. The Kier molecular flexibility index (Phi) is 2.34. The van der Waals surface area contributed by atoms with Gasteiger partial charge in [0.15, 0.2) is 0 Å². The molecule has 0 saturated heterocycles. The number of fused-ring (bicyclic) bond motifs is 3. The van der Waals surface area contributed by atoms with Crippen molar-refractivity contribution >= 4 is 11.7 Å². The van der Waals surface area contributed by atoms with Crippen LogP contribution in [0.3, 0.4) is 0 Å². The number of anilines is 1. The van der Waals surface area contributed by atoms with E-state index in [0.717, 1.165) is 12.0 Å². The lowest BCUT2D eigenvalue weighted by atomic mass is 9.78. The van der Waals surface area contributed by atoms with Crippen LogP contribution in [0, 0.1) is 17.2 Å². The molecule has 1 heterocycles. The van der Waals surface area contributed by atoms with Gasteiger partial charge < -0.3 is 15.2 Å². The Morgan fingerprint density at radius 2 is 2.33 bits per heavy atom. The monoisotopic (exact) mass is 239 g/mol. The van der Waals surface area contributed by atoms with E-state index in [9.17, 15) is 9.90 Å². The van der Waals surface area contributed by atoms with Gasteiger partial charge in [0.1, 0.15) is 6.07 Å². The van der Waals surface area contributed by atoms with E-state index in [0.29, 0.717) is 11.3 Å². The Morgan fingerprint density at radius 1 is 1.50 bits per heavy atom. The highest BCUT2D eigenvalue weighted by atomic mass is 16.4. The van der Waals surface area contributed by atoms with E-state index in [-0.39, 0.29) is 11.8 Å². The van der Waals surface area contributed by atoms with E-state index < -0.39 is 12.0 Å². The van der Waals surface area contributed by atoms with Crippen LogP contribution in [0.4, 0.5) is 5.69 Å². The number of allylic oxidation sites excluding steroid dienone is 2. The molecule has 2 aliphatic rings. The van der Waals surface area contributed by atoms with Crippen molar-refractivity contribution in [3.8, 4) is 6.07 Å². The minimum absolute atomic E-state index is 0.0172. The smallest absolute Gasteiger partial charge is 0.101 e. The fraction of sp³-hybridized carbons (Fsp3) is 0.286. The summed E-state index contributed by atoms with van der Waals surface area (Å²) in [6, 6.07) is 6.84. The van der Waals surface area contributed by atoms with Gasteiger partial charge in [-0.1, -0.05) is 24.3 Å². The third-order valence-electron chi connectivity index (χ3n) is 3.77. The van der Waals surface area contributed by atoms with Gasteiger partial charge in [-0.05, 0) is 24.0 Å². The molecule has 4 nitrogen and oxygen atoms in total. The molecule has 0 radical (unpaired) electrons. The number of hydrogen-bond acceptors (Lipinski definition) is 4. The van der Waals surface area contributed by atoms with Gasteiger partial charge in [-0.3, -0.25) is 0 Å². The highest BCUT2D eigenvalue weighted by Gasteiger charge is 2.38. The highest BCUT2D eigenvalue weighted by Crippen LogP contribution is 2.45. The number of carbonyl (C=O) groups is 1. The zero-order valence-corrected chi connectivity index (χ0v) is 9.59. The standard InChI is InChI=1S/C14H12N2O2/c15-7-8-3-1-5-10-9-4-2-6-11(9)13(14(17)18)16-12(8)10/h1-5,9,11,13,16H,6H2,(H,17,18)/p-1/t9-,11-,13+/m1/s1. The van der Waals surface area contributed by atoms with Crippen LogP contribution in [0.2, 0.25) is 0 Å². The molecular formula is C14H11N2O2-. The number of carboxylic acid groups (broad SMARTS) is 1. The van der Waals surface area contributed by atoms with Crippen molar-refractivity contribution < 1.29 is 9.90 Å². The van der Waals surface area contributed by atoms with Crippen molar-refractivity contribution in [2.45, 2.75) is 18.4 Å². The van der Waals surface area contributed by atoms with Crippen LogP contribution < -0.4 is 10.4 Å². The first kappa shape index (κ1) is 10.8. The number of para-hydroxylation sites is 1. The van der Waals surface area contributed by atoms with Crippen molar-refractivity contribution in [3.05, 3.63) is 41.5 Å². The zero-order chi connectivity index (χ0) is 12.7. The molecule has 18 heavy (non-hydrogen) atoms. The maximum atomic E-state index is 11.2. The summed E-state index contributed by atoms with van der Waals surface area (Å²) in [5.41, 5.74) is 2.13. The molecule has 0 aromatic heterocycles. The van der Waals surface area contributed by atoms with Gasteiger partial charge in [-0.25, -0.2) is 0 Å². The van der Waals surface area contributed by atoms with Crippen LogP contribution in [0.1, 0.15) is 23.5 Å². The number of rotatable bonds is 1. The average molecular weight is 239 g/mol. The van der Waals surface area contributed by atoms with Crippen LogP contribution >= 0.6 is 0 Å². The zero-order valence-electron chi connectivity index (χ0n) is 9.59. The van der Waals surface area contributed by atoms with Crippen LogP contribution in [-0.2, 0) is 4.79 Å². The first-order valence-corrected chi connectivity index (χ1v) is 5.89. The molecule has 1 aliphatic carbocycles. The average Bonchev–Trinajstić information content (AvgIpc) is 2.86. The molecule has 1 aliphatic heterocycles. The SMILES string of the molecule is N#Cc1cccc2c1N[C@H](C(=O)[O-])[C@@H]1CC=C[C@H]21. The lowest BCUT2D eigenvalue weighted by Gasteiger charge is -2.37. The van der Waals surface area contributed by atoms with E-state index in [2.05, 4.69) is 11.4 Å². The van der Waals surface area contributed by atoms with Crippen LogP contribution in [0.25, 0.3) is 0 Å². The lowest BCUT2D eigenvalue weighted by Crippen LogP contribution is -2.49. The molecule has 0 unspecified atom stereocenters. The Labute approximate surface area is 105 Å². The van der Waals surface area contributed by atoms with Crippen molar-refractivity contribution in [2.75, 3.05) is 5.32 Å². The van der Waals surface area contributed by atoms with Gasteiger partial charge >= 0.3 is 0 Å². The Bertz CT molecular complexity index is 586. The van der Waals surface area contributed by atoms with Crippen molar-refractivity contribution in [1.29, 1.82) is 5.26 Å². The Balaban J connectivity index is 2.15. The number of aliphatic carboxylic acids is 1. The first-order valence-electron chi connectivity index (χ1n) is 5.89. The highest BCUT2D eigenvalue weighted by molar-refractivity contribution is 5.80. The van der Waals surface area contributed by atoms with E-state index >= 15 is 0 Å². The predicted molar refractivity (Wildman–Crippen MR) is 63.6 cm³/mol. The Morgan fingerprint density at radius 3 is 3.06 bits per heavy atom. The molecule has 3 atom stereocenters. The van der Waals surface area contributed by atoms with Gasteiger partial charge in [0.05, 0.1) is 23.3 Å². The maximum Gasteiger partial charge on any atom is 0.101 e. The summed E-state index contributed by atoms with van der Waals surface area (Å²) in [6.07, 6.45) is 4.76. The van der Waals surface area contributed by atoms with Crippen LogP contribution in [0.5, 0.6) is 0 Å². The summed E-state index contributed by atoms with van der Waals surface area (Å²) < 4.78 is 0. The molecule has 0 spiro atoms. The van der Waals surface area contributed by atoms with Gasteiger partial charge in [0.25, 0.3) is 0 Å². The number of benzene rings is 1. The number of carbonyl (C=O) groups excluding carboxylic acids is 1. The minimum atomic E-state index is -1.10. The molecule has 0 fully saturated rings. The van der Waals surface area contributed by atoms with Crippen molar-refractivity contribution in [1.82, 2.24) is 0 Å². The van der Waals surface area contributed by atoms with Crippen LogP contribution in [-0.4, -0.2) is 12.0 Å². The van der Waals surface area contributed by atoms with Crippen molar-refractivity contribution in [2.24, 2.45) is 5.92 Å². The summed E-state index contributed by atoms with van der Waals surface area (Å²) in [4.78, 5) is 11.2. The predicted octanol–water partition coefficient (Wildman–Crippen LogP) is 0.762. The minimum Gasteiger partial charge on any atom is -0.548 e. The fourth-order valence-corrected chi connectivity index (χ4v) is 2.95. The summed E-state index contributed by atoms with van der Waals surface area (Å²) in [6.45, 7) is 0. The number of nitriles is 1. The number of nitrogens with zero attached hydrogens (tertiary/aromatic N) is 1. The first-order chi connectivity index (χ1) is 8.72. The van der Waals surface area contributed by atoms with Gasteiger partial charge in [-0.2, -0.15) is 5.26 Å². The summed E-state index contributed by atoms with van der Waals surface area (Å²) >= 11 is 0. The van der Waals surface area contributed by atoms with E-state index in [1.54, 1.807) is 6.07 Å². The van der Waals surface area contributed by atoms with Crippen LogP contribution in [0.15, 0.2) is 30.4 Å². The van der Waals surface area contributed by atoms with E-state index in [4.69, 9.17) is 5.26 Å². The Hall–Kier alpha value is -2.28. The third-order valence-corrected chi connectivity index (χ3v) is 3.77. The third kappa shape index (κ3) is 1.41. The molecular weight excluding hydrogens is 228 g/mol. The maximum absolute atomic E-state index is 11.2. The quantitative estimate of drug-likeness (QED) is 0.734. The second kappa shape index (κ2) is 3.88. The molecule has 90 valence electrons. The van der Waals surface area contributed by atoms with E-state index in [1.807, 2.05) is 24.3 Å². The molecule has 0 amide bonds. The second-order valence-electron chi connectivity index (χ2n) is 4.68. The molecule has 0 saturated carbocycles. The molecule has 4 heteroatoms. The molecule has 3 rings (SSSR count). The molecule has 0 bridgehead atoms. The second-order valence-corrected chi connectivity index (χ2v) is 4.68. The largest absolute Gasteiger partial charge is 0.548 e. The summed E-state index contributed by atoms with van der Waals surface area (Å²) in [5.74, 6) is -1.05. The number of carboxylic acids is 1. The van der Waals surface area contributed by atoms with Gasteiger partial charge in [0.2, 0.25) is 0 Å². The number of hydrogen-bond donors (Lipinski definition) is 1. The molecule has 1 aromatic carbocycles. The van der Waals surface area contributed by atoms with Crippen molar-refractivity contribution in [3.63, 3.8) is 0 Å². The fourth-order valence-electron chi connectivity index (χ4n) is 2.95. The van der Waals surface area contributed by atoms with Gasteiger partial charge in [-0.15, -0.1) is 0 Å². The van der Waals surface area contributed by atoms with E-state index in [1.165, 1.54) is 0 Å². The molecule has 1 aromatic rings. The normalized spacial score (nSPS) is 27.8. The van der Waals surface area contributed by atoms with Gasteiger partial charge in [0, 0.05) is 5.92 Å². The molecule has 1 N–H and O–H groups in total.